The lowest BCUT2D eigenvalue weighted by molar-refractivity contribution is 0.0792. The fourth-order valence-electron chi connectivity index (χ4n) is 2.60. The summed E-state index contributed by atoms with van der Waals surface area (Å²) in [5, 5.41) is 0. The largest absolute Gasteiger partial charge is 0.339 e. The van der Waals surface area contributed by atoms with Crippen LogP contribution < -0.4 is 0 Å². The van der Waals surface area contributed by atoms with Gasteiger partial charge < -0.3 is 4.90 Å². The van der Waals surface area contributed by atoms with Gasteiger partial charge in [0.2, 0.25) is 0 Å². The molecule has 2 rings (SSSR count). The monoisotopic (exact) mass is 231 g/mol. The Balaban J connectivity index is 2.31. The van der Waals surface area contributed by atoms with Crippen molar-refractivity contribution in [2.45, 2.75) is 39.5 Å². The van der Waals surface area contributed by atoms with Crippen molar-refractivity contribution in [2.75, 3.05) is 13.1 Å². The van der Waals surface area contributed by atoms with Gasteiger partial charge in [-0.1, -0.05) is 26.0 Å². The van der Waals surface area contributed by atoms with Gasteiger partial charge in [-0.2, -0.15) is 0 Å². The first-order valence-electron chi connectivity index (χ1n) is 6.50. The summed E-state index contributed by atoms with van der Waals surface area (Å²) in [4.78, 5) is 14.3. The molecular weight excluding hydrogens is 210 g/mol. The SMILES string of the molecule is Cc1c(C(=O)N2CCCC2)cccc1C(C)C. The third kappa shape index (κ3) is 2.36. The number of likely N-dealkylation sites (tertiary alicyclic amines) is 1. The molecule has 1 saturated heterocycles. The van der Waals surface area contributed by atoms with E-state index in [1.165, 1.54) is 5.56 Å². The number of carbonyl (C=O) groups is 1. The molecule has 1 aromatic rings. The minimum absolute atomic E-state index is 0.211. The van der Waals surface area contributed by atoms with Gasteiger partial charge in [-0.25, -0.2) is 0 Å². The molecule has 1 aromatic carbocycles. The summed E-state index contributed by atoms with van der Waals surface area (Å²) in [5.74, 6) is 0.684. The zero-order chi connectivity index (χ0) is 12.4. The average Bonchev–Trinajstić information content (AvgIpc) is 2.81. The van der Waals surface area contributed by atoms with Crippen molar-refractivity contribution in [3.63, 3.8) is 0 Å². The molecule has 0 spiro atoms. The molecule has 1 aliphatic heterocycles. The van der Waals surface area contributed by atoms with E-state index in [9.17, 15) is 4.79 Å². The standard InChI is InChI=1S/C15H21NO/c1-11(2)13-7-6-8-14(12(13)3)15(17)16-9-4-5-10-16/h6-8,11H,4-5,9-10H2,1-3H3. The second-order valence-corrected chi connectivity index (χ2v) is 5.17. The Bertz CT molecular complexity index is 417. The molecule has 0 atom stereocenters. The molecule has 1 amide bonds. The van der Waals surface area contributed by atoms with Crippen molar-refractivity contribution in [3.8, 4) is 0 Å². The zero-order valence-electron chi connectivity index (χ0n) is 11.0. The Morgan fingerprint density at radius 1 is 1.24 bits per heavy atom. The summed E-state index contributed by atoms with van der Waals surface area (Å²) >= 11 is 0. The third-order valence-electron chi connectivity index (χ3n) is 3.62. The highest BCUT2D eigenvalue weighted by atomic mass is 16.2. The maximum absolute atomic E-state index is 12.4. The van der Waals surface area contributed by atoms with Gasteiger partial charge >= 0.3 is 0 Å². The second-order valence-electron chi connectivity index (χ2n) is 5.17. The number of hydrogen-bond acceptors (Lipinski definition) is 1. The van der Waals surface area contributed by atoms with Crippen LogP contribution in [0.1, 0.15) is 54.1 Å². The predicted molar refractivity (Wildman–Crippen MR) is 70.4 cm³/mol. The summed E-state index contributed by atoms with van der Waals surface area (Å²) in [5.41, 5.74) is 3.33. The van der Waals surface area contributed by atoms with Crippen LogP contribution in [0.15, 0.2) is 18.2 Å². The van der Waals surface area contributed by atoms with Gasteiger partial charge in [-0.3, -0.25) is 4.79 Å². The van der Waals surface area contributed by atoms with Crippen molar-refractivity contribution >= 4 is 5.91 Å². The summed E-state index contributed by atoms with van der Waals surface area (Å²) in [6.45, 7) is 8.26. The fraction of sp³-hybridized carbons (Fsp3) is 0.533. The molecule has 0 radical (unpaired) electrons. The van der Waals surface area contributed by atoms with Crippen LogP contribution in [-0.2, 0) is 0 Å². The van der Waals surface area contributed by atoms with Crippen molar-refractivity contribution in [2.24, 2.45) is 0 Å². The van der Waals surface area contributed by atoms with Gasteiger partial charge in [0.25, 0.3) is 5.91 Å². The topological polar surface area (TPSA) is 20.3 Å². The van der Waals surface area contributed by atoms with Crippen molar-refractivity contribution < 1.29 is 4.79 Å². The smallest absolute Gasteiger partial charge is 0.254 e. The number of amides is 1. The Hall–Kier alpha value is -1.31. The maximum atomic E-state index is 12.4. The highest BCUT2D eigenvalue weighted by Crippen LogP contribution is 2.23. The molecule has 1 heterocycles. The fourth-order valence-corrected chi connectivity index (χ4v) is 2.60. The Morgan fingerprint density at radius 3 is 2.47 bits per heavy atom. The van der Waals surface area contributed by atoms with Gasteiger partial charge in [0, 0.05) is 18.7 Å². The van der Waals surface area contributed by atoms with E-state index in [-0.39, 0.29) is 5.91 Å². The Labute approximate surface area is 104 Å². The van der Waals surface area contributed by atoms with E-state index in [4.69, 9.17) is 0 Å². The van der Waals surface area contributed by atoms with E-state index in [0.29, 0.717) is 5.92 Å². The number of nitrogens with zero attached hydrogens (tertiary/aromatic N) is 1. The van der Waals surface area contributed by atoms with E-state index in [0.717, 1.165) is 37.1 Å². The molecule has 2 nitrogen and oxygen atoms in total. The van der Waals surface area contributed by atoms with E-state index >= 15 is 0 Å². The maximum Gasteiger partial charge on any atom is 0.254 e. The summed E-state index contributed by atoms with van der Waals surface area (Å²) in [7, 11) is 0. The highest BCUT2D eigenvalue weighted by Gasteiger charge is 2.21. The summed E-state index contributed by atoms with van der Waals surface area (Å²) in [6.07, 6.45) is 2.29. The lowest BCUT2D eigenvalue weighted by atomic mass is 9.94. The Kier molecular flexibility index (Phi) is 3.51. The van der Waals surface area contributed by atoms with Crippen LogP contribution >= 0.6 is 0 Å². The van der Waals surface area contributed by atoms with Gasteiger partial charge in [0.1, 0.15) is 0 Å². The van der Waals surface area contributed by atoms with Gasteiger partial charge in [0.15, 0.2) is 0 Å². The quantitative estimate of drug-likeness (QED) is 0.764. The van der Waals surface area contributed by atoms with Crippen molar-refractivity contribution in [1.82, 2.24) is 4.90 Å². The van der Waals surface area contributed by atoms with E-state index < -0.39 is 0 Å². The minimum atomic E-state index is 0.211. The summed E-state index contributed by atoms with van der Waals surface area (Å²) in [6, 6.07) is 6.09. The number of carbonyl (C=O) groups excluding carboxylic acids is 1. The molecule has 2 heteroatoms. The van der Waals surface area contributed by atoms with Crippen LogP contribution in [0.3, 0.4) is 0 Å². The molecule has 1 fully saturated rings. The molecule has 17 heavy (non-hydrogen) atoms. The molecule has 0 N–H and O–H groups in total. The number of benzene rings is 1. The minimum Gasteiger partial charge on any atom is -0.339 e. The average molecular weight is 231 g/mol. The van der Waals surface area contributed by atoms with Crippen LogP contribution in [-0.4, -0.2) is 23.9 Å². The molecule has 92 valence electrons. The molecule has 0 unspecified atom stereocenters. The van der Waals surface area contributed by atoms with Crippen LogP contribution in [0.25, 0.3) is 0 Å². The number of rotatable bonds is 2. The normalized spacial score (nSPS) is 15.6. The first-order chi connectivity index (χ1) is 8.11. The van der Waals surface area contributed by atoms with Crippen LogP contribution in [0.4, 0.5) is 0 Å². The second kappa shape index (κ2) is 4.91. The molecular formula is C15H21NO. The lowest BCUT2D eigenvalue weighted by Gasteiger charge is -2.19. The lowest BCUT2D eigenvalue weighted by Crippen LogP contribution is -2.28. The van der Waals surface area contributed by atoms with Crippen LogP contribution in [0, 0.1) is 6.92 Å². The first kappa shape index (κ1) is 12.2. The van der Waals surface area contributed by atoms with E-state index in [1.54, 1.807) is 0 Å². The molecule has 0 saturated carbocycles. The van der Waals surface area contributed by atoms with Gasteiger partial charge in [-0.05, 0) is 42.9 Å². The van der Waals surface area contributed by atoms with Crippen molar-refractivity contribution in [1.29, 1.82) is 0 Å². The number of hydrogen-bond donors (Lipinski definition) is 0. The first-order valence-corrected chi connectivity index (χ1v) is 6.50. The van der Waals surface area contributed by atoms with E-state index in [2.05, 4.69) is 26.8 Å². The van der Waals surface area contributed by atoms with Crippen LogP contribution in [0.5, 0.6) is 0 Å². The molecule has 0 aromatic heterocycles. The summed E-state index contributed by atoms with van der Waals surface area (Å²) < 4.78 is 0. The molecule has 0 bridgehead atoms. The van der Waals surface area contributed by atoms with E-state index in [1.807, 2.05) is 17.0 Å². The molecule has 0 aliphatic carbocycles. The highest BCUT2D eigenvalue weighted by molar-refractivity contribution is 5.96. The van der Waals surface area contributed by atoms with Gasteiger partial charge in [-0.15, -0.1) is 0 Å². The molecule has 1 aliphatic rings. The van der Waals surface area contributed by atoms with Crippen molar-refractivity contribution in [3.05, 3.63) is 34.9 Å². The zero-order valence-corrected chi connectivity index (χ0v) is 11.0. The Morgan fingerprint density at radius 2 is 1.88 bits per heavy atom. The predicted octanol–water partition coefficient (Wildman–Crippen LogP) is 3.35. The van der Waals surface area contributed by atoms with Gasteiger partial charge in [0.05, 0.1) is 0 Å². The van der Waals surface area contributed by atoms with Crippen LogP contribution in [0.2, 0.25) is 0 Å². The third-order valence-corrected chi connectivity index (χ3v) is 3.62.